The summed E-state index contributed by atoms with van der Waals surface area (Å²) in [6.07, 6.45) is 2.29. The van der Waals surface area contributed by atoms with Crippen molar-refractivity contribution in [3.05, 3.63) is 71.8 Å². The maximum atomic E-state index is 4.31. The molecule has 0 radical (unpaired) electrons. The second kappa shape index (κ2) is 9.67. The second-order valence-electron chi connectivity index (χ2n) is 6.13. The van der Waals surface area contributed by atoms with E-state index < -0.39 is 0 Å². The molecule has 24 heavy (non-hydrogen) atoms. The Kier molecular flexibility index (Phi) is 7.56. The lowest BCUT2D eigenvalue weighted by molar-refractivity contribution is 0.717. The zero-order valence-electron chi connectivity index (χ0n) is 14.1. The van der Waals surface area contributed by atoms with Crippen LogP contribution in [0.3, 0.4) is 0 Å². The van der Waals surface area contributed by atoms with Crippen LogP contribution in [-0.2, 0) is 6.42 Å². The van der Waals surface area contributed by atoms with E-state index in [0.717, 1.165) is 31.4 Å². The third-order valence-electron chi connectivity index (χ3n) is 4.45. The van der Waals surface area contributed by atoms with Crippen molar-refractivity contribution in [1.82, 2.24) is 10.6 Å². The minimum absolute atomic E-state index is 0. The van der Waals surface area contributed by atoms with Crippen LogP contribution in [0.15, 0.2) is 65.7 Å². The molecule has 1 saturated carbocycles. The Morgan fingerprint density at radius 1 is 1.00 bits per heavy atom. The highest BCUT2D eigenvalue weighted by molar-refractivity contribution is 14.0. The molecule has 0 saturated heterocycles. The zero-order valence-corrected chi connectivity index (χ0v) is 16.4. The van der Waals surface area contributed by atoms with E-state index >= 15 is 0 Å². The first kappa shape index (κ1) is 18.8. The number of benzene rings is 2. The minimum Gasteiger partial charge on any atom is -0.356 e. The van der Waals surface area contributed by atoms with E-state index in [1.807, 2.05) is 7.05 Å². The van der Waals surface area contributed by atoms with Crippen LogP contribution in [0.2, 0.25) is 0 Å². The third kappa shape index (κ3) is 5.51. The summed E-state index contributed by atoms with van der Waals surface area (Å²) in [6, 6.07) is 21.3. The summed E-state index contributed by atoms with van der Waals surface area (Å²) < 4.78 is 0. The highest BCUT2D eigenvalue weighted by Gasteiger charge is 2.37. The summed E-state index contributed by atoms with van der Waals surface area (Å²) in [4.78, 5) is 4.31. The van der Waals surface area contributed by atoms with E-state index in [2.05, 4.69) is 76.3 Å². The summed E-state index contributed by atoms with van der Waals surface area (Å²) in [6.45, 7) is 1.89. The average molecular weight is 435 g/mol. The number of hydrogen-bond acceptors (Lipinski definition) is 1. The Morgan fingerprint density at radius 2 is 1.67 bits per heavy atom. The fraction of sp³-hybridized carbons (Fsp3) is 0.350. The molecule has 2 aromatic carbocycles. The number of rotatable bonds is 6. The molecular formula is C20H26IN3. The molecule has 0 aliphatic heterocycles. The molecule has 1 aliphatic rings. The number of nitrogens with one attached hydrogen (secondary N) is 2. The highest BCUT2D eigenvalue weighted by atomic mass is 127. The Balaban J connectivity index is 0.00000208. The summed E-state index contributed by atoms with van der Waals surface area (Å²) in [5.74, 6) is 2.34. The Labute approximate surface area is 162 Å². The van der Waals surface area contributed by atoms with Gasteiger partial charge < -0.3 is 10.6 Å². The molecule has 1 aliphatic carbocycles. The predicted octanol–water partition coefficient (Wildman–Crippen LogP) is 3.82. The van der Waals surface area contributed by atoms with Crippen molar-refractivity contribution in [3.63, 3.8) is 0 Å². The van der Waals surface area contributed by atoms with Crippen LogP contribution in [0.25, 0.3) is 0 Å². The lowest BCUT2D eigenvalue weighted by atomic mass is 10.1. The molecule has 1 fully saturated rings. The van der Waals surface area contributed by atoms with Crippen LogP contribution in [0, 0.1) is 5.92 Å². The van der Waals surface area contributed by atoms with Crippen molar-refractivity contribution < 1.29 is 0 Å². The molecule has 3 rings (SSSR count). The van der Waals surface area contributed by atoms with Crippen molar-refractivity contribution in [2.75, 3.05) is 20.1 Å². The quantitative estimate of drug-likeness (QED) is 0.411. The third-order valence-corrected chi connectivity index (χ3v) is 4.45. The Morgan fingerprint density at radius 3 is 2.33 bits per heavy atom. The molecule has 0 heterocycles. The van der Waals surface area contributed by atoms with Gasteiger partial charge in [-0.2, -0.15) is 0 Å². The maximum Gasteiger partial charge on any atom is 0.190 e. The van der Waals surface area contributed by atoms with Gasteiger partial charge in [0.25, 0.3) is 0 Å². The molecule has 0 aromatic heterocycles. The van der Waals surface area contributed by atoms with Crippen molar-refractivity contribution in [2.24, 2.45) is 10.9 Å². The van der Waals surface area contributed by atoms with Gasteiger partial charge in [-0.25, -0.2) is 0 Å². The van der Waals surface area contributed by atoms with Gasteiger partial charge in [-0.1, -0.05) is 60.7 Å². The van der Waals surface area contributed by atoms with Gasteiger partial charge in [-0.05, 0) is 35.8 Å². The normalized spacial score (nSPS) is 19.3. The van der Waals surface area contributed by atoms with Crippen LogP contribution in [0.1, 0.15) is 23.5 Å². The van der Waals surface area contributed by atoms with E-state index in [0.29, 0.717) is 5.92 Å². The number of halogens is 1. The van der Waals surface area contributed by atoms with Crippen LogP contribution < -0.4 is 10.6 Å². The molecule has 0 bridgehead atoms. The predicted molar refractivity (Wildman–Crippen MR) is 112 cm³/mol. The lowest BCUT2D eigenvalue weighted by Gasteiger charge is -2.12. The summed E-state index contributed by atoms with van der Waals surface area (Å²) in [7, 11) is 1.83. The van der Waals surface area contributed by atoms with Crippen LogP contribution in [-0.4, -0.2) is 26.1 Å². The van der Waals surface area contributed by atoms with Crippen LogP contribution in [0.4, 0.5) is 0 Å². The lowest BCUT2D eigenvalue weighted by Crippen LogP contribution is -2.39. The SMILES string of the molecule is CN=C(NCCc1ccccc1)NCC1CC1c1ccccc1.I. The average Bonchev–Trinajstić information content (AvgIpc) is 3.39. The molecule has 0 amide bonds. The summed E-state index contributed by atoms with van der Waals surface area (Å²) >= 11 is 0. The molecule has 128 valence electrons. The van der Waals surface area contributed by atoms with Gasteiger partial charge in [0.15, 0.2) is 5.96 Å². The van der Waals surface area contributed by atoms with Gasteiger partial charge >= 0.3 is 0 Å². The van der Waals surface area contributed by atoms with Gasteiger partial charge in [0.1, 0.15) is 0 Å². The van der Waals surface area contributed by atoms with E-state index in [1.54, 1.807) is 0 Å². The molecule has 3 nitrogen and oxygen atoms in total. The van der Waals surface area contributed by atoms with Crippen LogP contribution >= 0.6 is 24.0 Å². The first-order chi connectivity index (χ1) is 11.4. The highest BCUT2D eigenvalue weighted by Crippen LogP contribution is 2.46. The maximum absolute atomic E-state index is 4.31. The van der Waals surface area contributed by atoms with Crippen molar-refractivity contribution in [2.45, 2.75) is 18.8 Å². The number of guanidine groups is 1. The Hall–Kier alpha value is -1.56. The van der Waals surface area contributed by atoms with Gasteiger partial charge in [0, 0.05) is 20.1 Å². The molecule has 0 spiro atoms. The minimum atomic E-state index is 0. The zero-order chi connectivity index (χ0) is 15.9. The first-order valence-corrected chi connectivity index (χ1v) is 8.40. The molecule has 4 heteroatoms. The van der Waals surface area contributed by atoms with Crippen molar-refractivity contribution in [1.29, 1.82) is 0 Å². The molecule has 2 unspecified atom stereocenters. The van der Waals surface area contributed by atoms with Crippen molar-refractivity contribution >= 4 is 29.9 Å². The second-order valence-corrected chi connectivity index (χ2v) is 6.13. The topological polar surface area (TPSA) is 36.4 Å². The molecule has 2 atom stereocenters. The molecule has 2 N–H and O–H groups in total. The fourth-order valence-electron chi connectivity index (χ4n) is 3.00. The number of aliphatic imine (C=N–C) groups is 1. The Bertz CT molecular complexity index is 628. The summed E-state index contributed by atoms with van der Waals surface area (Å²) in [5, 5.41) is 6.85. The summed E-state index contributed by atoms with van der Waals surface area (Å²) in [5.41, 5.74) is 2.81. The van der Waals surface area contributed by atoms with E-state index in [4.69, 9.17) is 0 Å². The molecular weight excluding hydrogens is 409 g/mol. The number of hydrogen-bond donors (Lipinski definition) is 2. The fourth-order valence-corrected chi connectivity index (χ4v) is 3.00. The largest absolute Gasteiger partial charge is 0.356 e. The standard InChI is InChI=1S/C20H25N3.HI/c1-21-20(22-13-12-16-8-4-2-5-9-16)23-15-18-14-19(18)17-10-6-3-7-11-17;/h2-11,18-19H,12-15H2,1H3,(H2,21,22,23);1H. The van der Waals surface area contributed by atoms with Gasteiger partial charge in [-0.3, -0.25) is 4.99 Å². The van der Waals surface area contributed by atoms with E-state index in [-0.39, 0.29) is 24.0 Å². The van der Waals surface area contributed by atoms with E-state index in [1.165, 1.54) is 17.5 Å². The van der Waals surface area contributed by atoms with Gasteiger partial charge in [-0.15, -0.1) is 24.0 Å². The molecule has 2 aromatic rings. The van der Waals surface area contributed by atoms with Crippen LogP contribution in [0.5, 0.6) is 0 Å². The smallest absolute Gasteiger partial charge is 0.190 e. The van der Waals surface area contributed by atoms with Crippen molar-refractivity contribution in [3.8, 4) is 0 Å². The first-order valence-electron chi connectivity index (χ1n) is 8.40. The number of nitrogens with zero attached hydrogens (tertiary/aromatic N) is 1. The van der Waals surface area contributed by atoms with E-state index in [9.17, 15) is 0 Å². The van der Waals surface area contributed by atoms with Gasteiger partial charge in [0.05, 0.1) is 0 Å². The monoisotopic (exact) mass is 435 g/mol. The van der Waals surface area contributed by atoms with Gasteiger partial charge in [0.2, 0.25) is 0 Å².